The molecule has 0 bridgehead atoms. The Kier molecular flexibility index (Phi) is 5.76. The lowest BCUT2D eigenvalue weighted by Crippen LogP contribution is -2.33. The van der Waals surface area contributed by atoms with E-state index in [9.17, 15) is 9.59 Å². The zero-order valence-electron chi connectivity index (χ0n) is 13.4. The maximum absolute atomic E-state index is 12.0. The summed E-state index contributed by atoms with van der Waals surface area (Å²) in [5.41, 5.74) is 2.37. The second kappa shape index (κ2) is 7.11. The summed E-state index contributed by atoms with van der Waals surface area (Å²) < 4.78 is 5.35. The number of amides is 2. The van der Waals surface area contributed by atoms with Crippen LogP contribution in [0.15, 0.2) is 18.2 Å². The summed E-state index contributed by atoms with van der Waals surface area (Å²) in [5.74, 6) is 0. The maximum Gasteiger partial charge on any atom is 0.410 e. The number of nitrogens with one attached hydrogen (secondary N) is 1. The number of hydrogen-bond acceptors (Lipinski definition) is 3. The van der Waals surface area contributed by atoms with Gasteiger partial charge in [0.2, 0.25) is 6.41 Å². The van der Waals surface area contributed by atoms with E-state index in [1.165, 1.54) is 0 Å². The second-order valence-electron chi connectivity index (χ2n) is 5.58. The van der Waals surface area contributed by atoms with Crippen molar-refractivity contribution < 1.29 is 14.3 Å². The fourth-order valence-electron chi connectivity index (χ4n) is 2.01. The zero-order chi connectivity index (χ0) is 16.0. The summed E-state index contributed by atoms with van der Waals surface area (Å²) in [6.07, 6.45) is 0.330. The van der Waals surface area contributed by atoms with Crippen molar-refractivity contribution in [2.24, 2.45) is 0 Å². The minimum atomic E-state index is -0.490. The van der Waals surface area contributed by atoms with Gasteiger partial charge in [-0.1, -0.05) is 19.9 Å². The molecular formula is C16H24N2O3. The van der Waals surface area contributed by atoms with Gasteiger partial charge in [-0.05, 0) is 44.0 Å². The van der Waals surface area contributed by atoms with Gasteiger partial charge < -0.3 is 10.1 Å². The van der Waals surface area contributed by atoms with Crippen molar-refractivity contribution in [3.8, 4) is 0 Å². The predicted molar refractivity (Wildman–Crippen MR) is 83.0 cm³/mol. The highest BCUT2D eigenvalue weighted by atomic mass is 16.6. The first-order valence-electron chi connectivity index (χ1n) is 7.19. The third-order valence-corrected chi connectivity index (χ3v) is 2.81. The zero-order valence-corrected chi connectivity index (χ0v) is 13.4. The quantitative estimate of drug-likeness (QED) is 0.848. The Labute approximate surface area is 126 Å². The van der Waals surface area contributed by atoms with Gasteiger partial charge in [0.05, 0.1) is 0 Å². The number of nitrogens with zero attached hydrogens (tertiary/aromatic N) is 1. The summed E-state index contributed by atoms with van der Waals surface area (Å²) in [5, 5.41) is 2.60. The number of ether oxygens (including phenoxy) is 1. The molecular weight excluding hydrogens is 268 g/mol. The molecule has 2 amide bonds. The third kappa shape index (κ3) is 4.77. The molecule has 0 aliphatic carbocycles. The summed E-state index contributed by atoms with van der Waals surface area (Å²) in [6.45, 7) is 10.6. The van der Waals surface area contributed by atoms with E-state index in [-0.39, 0.29) is 6.09 Å². The lowest BCUT2D eigenvalue weighted by atomic mass is 10.1. The van der Waals surface area contributed by atoms with E-state index in [2.05, 4.69) is 5.32 Å². The first-order valence-corrected chi connectivity index (χ1v) is 7.19. The van der Waals surface area contributed by atoms with Gasteiger partial charge in [0.25, 0.3) is 0 Å². The molecule has 1 aliphatic rings. The first kappa shape index (κ1) is 17.0. The Hall–Kier alpha value is -2.04. The molecule has 0 spiro atoms. The monoisotopic (exact) mass is 292 g/mol. The molecule has 21 heavy (non-hydrogen) atoms. The van der Waals surface area contributed by atoms with Gasteiger partial charge >= 0.3 is 6.09 Å². The minimum absolute atomic E-state index is 0.311. The summed E-state index contributed by atoms with van der Waals surface area (Å²) in [7, 11) is 0. The van der Waals surface area contributed by atoms with Crippen molar-refractivity contribution in [3.05, 3.63) is 29.3 Å². The van der Waals surface area contributed by atoms with Gasteiger partial charge in [0.1, 0.15) is 5.60 Å². The van der Waals surface area contributed by atoms with Crippen LogP contribution in [0, 0.1) is 0 Å². The lowest BCUT2D eigenvalue weighted by molar-refractivity contribution is -0.105. The molecule has 5 nitrogen and oxygen atoms in total. The van der Waals surface area contributed by atoms with Crippen molar-refractivity contribution >= 4 is 18.2 Å². The fourth-order valence-corrected chi connectivity index (χ4v) is 2.01. The number of fused-ring (bicyclic) bond motifs is 1. The molecule has 0 fully saturated rings. The van der Waals surface area contributed by atoms with Gasteiger partial charge in [-0.2, -0.15) is 0 Å². The standard InChI is InChI=1S/C14H18N2O3.C2H6/c1-14(2,3)19-13(18)16-7-10-4-5-12(15-9-17)6-11(10)8-16;1-2/h4-6,9H,7-8H2,1-3H3,(H,15,17);1-2H3. The average Bonchev–Trinajstić information content (AvgIpc) is 2.83. The number of benzene rings is 1. The van der Waals surface area contributed by atoms with Crippen molar-refractivity contribution in [3.63, 3.8) is 0 Å². The average molecular weight is 292 g/mol. The van der Waals surface area contributed by atoms with Crippen molar-refractivity contribution in [2.75, 3.05) is 5.32 Å². The van der Waals surface area contributed by atoms with E-state index < -0.39 is 5.60 Å². The first-order chi connectivity index (χ1) is 9.89. The summed E-state index contributed by atoms with van der Waals surface area (Å²) >= 11 is 0. The van der Waals surface area contributed by atoms with Crippen LogP contribution in [0.5, 0.6) is 0 Å². The van der Waals surface area contributed by atoms with Crippen molar-refractivity contribution in [2.45, 2.75) is 53.3 Å². The highest BCUT2D eigenvalue weighted by molar-refractivity contribution is 5.73. The molecule has 0 aromatic heterocycles. The predicted octanol–water partition coefficient (Wildman–Crippen LogP) is 3.53. The van der Waals surface area contributed by atoms with Crippen LogP contribution in [0.1, 0.15) is 45.7 Å². The Morgan fingerprint density at radius 3 is 2.43 bits per heavy atom. The lowest BCUT2D eigenvalue weighted by Gasteiger charge is -2.24. The van der Waals surface area contributed by atoms with Crippen LogP contribution < -0.4 is 5.32 Å². The van der Waals surface area contributed by atoms with E-state index in [4.69, 9.17) is 4.74 Å². The number of carbonyl (C=O) groups excluding carboxylic acids is 2. The summed E-state index contributed by atoms with van der Waals surface area (Å²) in [4.78, 5) is 24.0. The molecule has 0 saturated heterocycles. The Morgan fingerprint density at radius 2 is 1.86 bits per heavy atom. The fraction of sp³-hybridized carbons (Fsp3) is 0.500. The normalized spacial score (nSPS) is 12.9. The molecule has 5 heteroatoms. The summed E-state index contributed by atoms with van der Waals surface area (Å²) in [6, 6.07) is 5.63. The molecule has 1 aliphatic heterocycles. The van der Waals surface area contributed by atoms with Crippen molar-refractivity contribution in [1.29, 1.82) is 0 Å². The number of anilines is 1. The molecule has 0 unspecified atom stereocenters. The largest absolute Gasteiger partial charge is 0.444 e. The van der Waals surface area contributed by atoms with E-state index in [0.717, 1.165) is 16.8 Å². The highest BCUT2D eigenvalue weighted by Gasteiger charge is 2.27. The Morgan fingerprint density at radius 1 is 1.24 bits per heavy atom. The maximum atomic E-state index is 12.0. The second-order valence-corrected chi connectivity index (χ2v) is 5.58. The molecule has 2 rings (SSSR count). The topological polar surface area (TPSA) is 58.6 Å². The number of carbonyl (C=O) groups is 2. The van der Waals surface area contributed by atoms with E-state index in [0.29, 0.717) is 19.5 Å². The molecule has 1 N–H and O–H groups in total. The molecule has 1 aromatic rings. The number of hydrogen-bond donors (Lipinski definition) is 1. The van der Waals surface area contributed by atoms with Crippen LogP contribution in [0.3, 0.4) is 0 Å². The molecule has 0 atom stereocenters. The third-order valence-electron chi connectivity index (χ3n) is 2.81. The molecule has 1 heterocycles. The smallest absolute Gasteiger partial charge is 0.410 e. The van der Waals surface area contributed by atoms with Gasteiger partial charge in [0.15, 0.2) is 0 Å². The van der Waals surface area contributed by atoms with Gasteiger partial charge in [-0.15, -0.1) is 0 Å². The Bertz CT molecular complexity index is 507. The van der Waals surface area contributed by atoms with Crippen LogP contribution in [-0.4, -0.2) is 23.0 Å². The molecule has 0 saturated carbocycles. The molecule has 1 aromatic carbocycles. The van der Waals surface area contributed by atoms with Crippen molar-refractivity contribution in [1.82, 2.24) is 4.90 Å². The van der Waals surface area contributed by atoms with Crippen LogP contribution in [-0.2, 0) is 22.6 Å². The van der Waals surface area contributed by atoms with E-state index in [1.807, 2.05) is 52.8 Å². The van der Waals surface area contributed by atoms with E-state index in [1.54, 1.807) is 4.90 Å². The Balaban J connectivity index is 0.00000106. The van der Waals surface area contributed by atoms with Gasteiger partial charge in [-0.25, -0.2) is 4.79 Å². The van der Waals surface area contributed by atoms with Crippen LogP contribution >= 0.6 is 0 Å². The van der Waals surface area contributed by atoms with Crippen LogP contribution in [0.25, 0.3) is 0 Å². The number of rotatable bonds is 2. The van der Waals surface area contributed by atoms with E-state index >= 15 is 0 Å². The molecule has 0 radical (unpaired) electrons. The minimum Gasteiger partial charge on any atom is -0.444 e. The van der Waals surface area contributed by atoms with Gasteiger partial charge in [-0.3, -0.25) is 9.69 Å². The highest BCUT2D eigenvalue weighted by Crippen LogP contribution is 2.26. The molecule has 116 valence electrons. The van der Waals surface area contributed by atoms with Crippen LogP contribution in [0.2, 0.25) is 0 Å². The van der Waals surface area contributed by atoms with Crippen LogP contribution in [0.4, 0.5) is 10.5 Å². The SMILES string of the molecule is CC.CC(C)(C)OC(=O)N1Cc2ccc(NC=O)cc2C1. The van der Waals surface area contributed by atoms with Gasteiger partial charge in [0, 0.05) is 18.8 Å².